The zero-order valence-corrected chi connectivity index (χ0v) is 20.9. The molecule has 0 saturated heterocycles. The predicted octanol–water partition coefficient (Wildman–Crippen LogP) is 7.54. The third-order valence-corrected chi connectivity index (χ3v) is 7.90. The van der Waals surface area contributed by atoms with Crippen LogP contribution in [0, 0.1) is 10.1 Å². The van der Waals surface area contributed by atoms with Gasteiger partial charge >= 0.3 is 24.8 Å². The van der Waals surface area contributed by atoms with Crippen LogP contribution in [0.2, 0.25) is 5.02 Å². The molecule has 3 rings (SSSR count). The van der Waals surface area contributed by atoms with E-state index in [2.05, 4.69) is 0 Å². The van der Waals surface area contributed by atoms with E-state index in [-0.39, 0.29) is 39.7 Å². The molecule has 0 heterocycles. The molecule has 0 aliphatic heterocycles. The van der Waals surface area contributed by atoms with Gasteiger partial charge in [0, 0.05) is 17.7 Å². The minimum atomic E-state index is -4.60. The monoisotopic (exact) mass is 558 g/mol. The van der Waals surface area contributed by atoms with E-state index in [0.29, 0.717) is 23.0 Å². The fourth-order valence-corrected chi connectivity index (χ4v) is 5.47. The number of halogens is 4. The van der Waals surface area contributed by atoms with Gasteiger partial charge in [0.2, 0.25) is 0 Å². The first-order valence-corrected chi connectivity index (χ1v) is 13.4. The van der Waals surface area contributed by atoms with Crippen molar-refractivity contribution in [1.82, 2.24) is 0 Å². The summed E-state index contributed by atoms with van der Waals surface area (Å²) in [5.74, 6) is -1.05. The molecular weight excluding hydrogens is 542 g/mol. The minimum Gasteiger partial charge on any atom is -0.455 e. The summed E-state index contributed by atoms with van der Waals surface area (Å²) in [6, 6.07) is 13.0. The molecule has 188 valence electrons. The Hall–Kier alpha value is -3.14. The normalized spacial score (nSPS) is 11.6. The number of rotatable bonds is 9. The first-order chi connectivity index (χ1) is 17.0. The van der Waals surface area contributed by atoms with E-state index >= 15 is 0 Å². The largest absolute Gasteiger partial charge is 0.460 e. The van der Waals surface area contributed by atoms with Crippen molar-refractivity contribution >= 4 is 46.9 Å². The van der Waals surface area contributed by atoms with Crippen molar-refractivity contribution in [2.75, 3.05) is 5.94 Å². The molecule has 3 aromatic rings. The number of hydrogen-bond acceptors (Lipinski definition) is 7. The summed E-state index contributed by atoms with van der Waals surface area (Å²) in [5.41, 5.74) is -0.758. The lowest BCUT2D eigenvalue weighted by molar-refractivity contribution is -0.383. The molecule has 0 aliphatic carbocycles. The maximum atomic E-state index is 12.9. The van der Waals surface area contributed by atoms with Crippen LogP contribution in [-0.4, -0.2) is 16.8 Å². The number of benzene rings is 3. The number of carbonyl (C=O) groups excluding carboxylic acids is 1. The van der Waals surface area contributed by atoms with Gasteiger partial charge in [-0.05, 0) is 36.8 Å². The van der Waals surface area contributed by atoms with Crippen LogP contribution in [0.1, 0.15) is 28.4 Å². The van der Waals surface area contributed by atoms with Crippen molar-refractivity contribution in [3.05, 3.63) is 92.5 Å². The summed E-state index contributed by atoms with van der Waals surface area (Å²) < 4.78 is 62.5. The summed E-state index contributed by atoms with van der Waals surface area (Å²) in [6.07, 6.45) is -4.33. The predicted molar refractivity (Wildman–Crippen MR) is 131 cm³/mol. The van der Waals surface area contributed by atoms with Gasteiger partial charge < -0.3 is 9.47 Å². The van der Waals surface area contributed by atoms with E-state index in [1.165, 1.54) is 24.3 Å². The van der Waals surface area contributed by atoms with E-state index in [0.717, 1.165) is 12.1 Å². The van der Waals surface area contributed by atoms with Gasteiger partial charge in [-0.25, -0.2) is 4.79 Å². The molecule has 1 unspecified atom stereocenters. The highest BCUT2D eigenvalue weighted by molar-refractivity contribution is 8.53. The van der Waals surface area contributed by atoms with Gasteiger partial charge in [0.05, 0.1) is 21.1 Å². The highest BCUT2D eigenvalue weighted by atomic mass is 35.5. The zero-order valence-electron chi connectivity index (χ0n) is 18.5. The molecule has 0 saturated carbocycles. The summed E-state index contributed by atoms with van der Waals surface area (Å²) in [7, 11) is -2.48. The maximum absolute atomic E-state index is 12.9. The van der Waals surface area contributed by atoms with Crippen LogP contribution in [0.5, 0.6) is 11.5 Å². The molecule has 0 aliphatic rings. The Morgan fingerprint density at radius 3 is 2.39 bits per heavy atom. The maximum Gasteiger partial charge on any atom is 0.460 e. The average Bonchev–Trinajstić information content (AvgIpc) is 2.84. The average molecular weight is 559 g/mol. The van der Waals surface area contributed by atoms with Gasteiger partial charge in [0.25, 0.3) is 5.30 Å². The quantitative estimate of drug-likeness (QED) is 0.0880. The van der Waals surface area contributed by atoms with E-state index < -0.39 is 35.3 Å². The Balaban J connectivity index is 1.85. The fourth-order valence-electron chi connectivity index (χ4n) is 3.00. The van der Waals surface area contributed by atoms with Crippen molar-refractivity contribution in [2.45, 2.75) is 19.5 Å². The van der Waals surface area contributed by atoms with Gasteiger partial charge in [-0.15, -0.1) is 0 Å². The van der Waals surface area contributed by atoms with Crippen LogP contribution >= 0.6 is 30.0 Å². The first-order valence-electron chi connectivity index (χ1n) is 10.2. The molecule has 3 aromatic carbocycles. The smallest absolute Gasteiger partial charge is 0.455 e. The molecule has 0 N–H and O–H groups in total. The van der Waals surface area contributed by atoms with Crippen LogP contribution in [0.15, 0.2) is 60.7 Å². The second-order valence-corrected chi connectivity index (χ2v) is 10.8. The van der Waals surface area contributed by atoms with Gasteiger partial charge in [0.1, 0.15) is 11.5 Å². The zero-order chi connectivity index (χ0) is 26.5. The molecule has 0 bridgehead atoms. The standard InChI is InChI=1S/C23H17ClF3NO6PS/c1-2-14-10-18(28(30)31)21(35(32)36-13-33-22(29)15-6-4-3-5-7-15)12-20(14)34-19-9-8-16(11-17(19)24)23(25,26)27/h3-12H,2,13H2,1H3/q+1. The first kappa shape index (κ1) is 27.4. The van der Waals surface area contributed by atoms with Crippen molar-refractivity contribution < 1.29 is 36.9 Å². The van der Waals surface area contributed by atoms with Crippen molar-refractivity contribution in [3.8, 4) is 11.5 Å². The second kappa shape index (κ2) is 11.7. The van der Waals surface area contributed by atoms with Crippen molar-refractivity contribution in [2.24, 2.45) is 0 Å². The van der Waals surface area contributed by atoms with Crippen LogP contribution in [0.3, 0.4) is 0 Å². The third-order valence-electron chi connectivity index (χ3n) is 4.78. The summed E-state index contributed by atoms with van der Waals surface area (Å²) in [6.45, 7) is 1.69. The van der Waals surface area contributed by atoms with Gasteiger partial charge in [-0.1, -0.05) is 41.3 Å². The molecular formula is C23H17ClF3NO6PS+. The van der Waals surface area contributed by atoms with Crippen LogP contribution < -0.4 is 10.0 Å². The van der Waals surface area contributed by atoms with Crippen LogP contribution in [0.4, 0.5) is 18.9 Å². The molecule has 0 radical (unpaired) electrons. The Labute approximate surface area is 213 Å². The van der Waals surface area contributed by atoms with Crippen LogP contribution in [0.25, 0.3) is 0 Å². The number of esters is 1. The third kappa shape index (κ3) is 6.75. The lowest BCUT2D eigenvalue weighted by Crippen LogP contribution is -2.09. The molecule has 7 nitrogen and oxygen atoms in total. The van der Waals surface area contributed by atoms with E-state index in [9.17, 15) is 32.6 Å². The molecule has 0 fully saturated rings. The Kier molecular flexibility index (Phi) is 8.94. The lowest BCUT2D eigenvalue weighted by Gasteiger charge is -2.13. The number of ether oxygens (including phenoxy) is 2. The van der Waals surface area contributed by atoms with Gasteiger partial charge in [0.15, 0.2) is 17.3 Å². The summed E-state index contributed by atoms with van der Waals surface area (Å²) >= 11 is 6.65. The highest BCUT2D eigenvalue weighted by Gasteiger charge is 2.36. The summed E-state index contributed by atoms with van der Waals surface area (Å²) in [4.78, 5) is 23.0. The molecule has 0 amide bonds. The van der Waals surface area contributed by atoms with E-state index in [1.54, 1.807) is 25.1 Å². The number of hydrogen-bond donors (Lipinski definition) is 0. The van der Waals surface area contributed by atoms with Crippen molar-refractivity contribution in [1.29, 1.82) is 0 Å². The number of nitro benzene ring substituents is 1. The highest BCUT2D eigenvalue weighted by Crippen LogP contribution is 2.43. The molecule has 13 heteroatoms. The lowest BCUT2D eigenvalue weighted by atomic mass is 10.1. The van der Waals surface area contributed by atoms with Gasteiger partial charge in [-0.2, -0.15) is 13.2 Å². The number of nitrogens with zero attached hydrogens (tertiary/aromatic N) is 1. The number of nitro groups is 1. The van der Waals surface area contributed by atoms with Crippen LogP contribution in [-0.2, 0) is 21.9 Å². The number of alkyl halides is 3. The SMILES string of the molecule is CCc1cc([N+](=O)[O-])c([P+](=O)SCOC(=O)c2ccccc2)cc1Oc1ccc(C(F)(F)F)cc1Cl. The molecule has 0 spiro atoms. The topological polar surface area (TPSA) is 95.7 Å². The fraction of sp³-hybridized carbons (Fsp3) is 0.174. The Morgan fingerprint density at radius 1 is 1.11 bits per heavy atom. The molecule has 36 heavy (non-hydrogen) atoms. The number of aryl methyl sites for hydroxylation is 1. The van der Waals surface area contributed by atoms with Gasteiger partial charge in [-0.3, -0.25) is 10.1 Å². The second-order valence-electron chi connectivity index (χ2n) is 7.11. The summed E-state index contributed by atoms with van der Waals surface area (Å²) in [5, 5.41) is 11.1. The molecule has 1 atom stereocenters. The molecule has 0 aromatic heterocycles. The Morgan fingerprint density at radius 2 is 1.81 bits per heavy atom. The van der Waals surface area contributed by atoms with E-state index in [4.69, 9.17) is 21.1 Å². The Bertz CT molecular complexity index is 1310. The van der Waals surface area contributed by atoms with Crippen molar-refractivity contribution in [3.63, 3.8) is 0 Å². The number of carbonyl (C=O) groups is 1. The van der Waals surface area contributed by atoms with E-state index in [1.807, 2.05) is 0 Å². The minimum absolute atomic E-state index is 0.0463.